The molecule has 0 aliphatic rings. The first-order valence-corrected chi connectivity index (χ1v) is 6.40. The normalized spacial score (nSPS) is 11.3. The van der Waals surface area contributed by atoms with E-state index in [1.807, 2.05) is 0 Å². The third-order valence-corrected chi connectivity index (χ3v) is 3.52. The van der Waals surface area contributed by atoms with Crippen LogP contribution >= 0.6 is 0 Å². The van der Waals surface area contributed by atoms with Gasteiger partial charge < -0.3 is 5.11 Å². The highest BCUT2D eigenvalue weighted by atomic mass is 32.2. The molecule has 0 amide bonds. The van der Waals surface area contributed by atoms with Crippen molar-refractivity contribution < 1.29 is 13.5 Å². The molecule has 84 valence electrons. The summed E-state index contributed by atoms with van der Waals surface area (Å²) in [5.41, 5.74) is 0.973. The molecule has 2 N–H and O–H groups in total. The van der Waals surface area contributed by atoms with Gasteiger partial charge in [0, 0.05) is 5.56 Å². The average molecular weight is 229 g/mol. The number of hydrogen-bond donors (Lipinski definition) is 2. The van der Waals surface area contributed by atoms with Gasteiger partial charge in [0.2, 0.25) is 10.0 Å². The first-order valence-electron chi connectivity index (χ1n) is 4.75. The van der Waals surface area contributed by atoms with Crippen LogP contribution in [0.5, 0.6) is 5.75 Å². The molecule has 0 aliphatic carbocycles. The summed E-state index contributed by atoms with van der Waals surface area (Å²) < 4.78 is 25.4. The molecule has 0 fully saturated rings. The van der Waals surface area contributed by atoms with E-state index in [-0.39, 0.29) is 11.5 Å². The van der Waals surface area contributed by atoms with Gasteiger partial charge in [-0.3, -0.25) is 4.72 Å². The maximum atomic E-state index is 11.5. The number of anilines is 1. The Hall–Kier alpha value is -1.23. The summed E-state index contributed by atoms with van der Waals surface area (Å²) in [7, 11) is -3.29. The molecule has 0 saturated carbocycles. The molecule has 0 atom stereocenters. The summed E-state index contributed by atoms with van der Waals surface area (Å²) in [6, 6.07) is 4.75. The van der Waals surface area contributed by atoms with Crippen LogP contribution in [0.3, 0.4) is 0 Å². The molecular formula is C10H15NO3S. The Bertz CT molecular complexity index is 440. The Morgan fingerprint density at radius 3 is 2.67 bits per heavy atom. The van der Waals surface area contributed by atoms with E-state index in [1.165, 1.54) is 6.07 Å². The van der Waals surface area contributed by atoms with Gasteiger partial charge in [-0.15, -0.1) is 0 Å². The number of sulfonamides is 1. The highest BCUT2D eigenvalue weighted by molar-refractivity contribution is 7.92. The van der Waals surface area contributed by atoms with Gasteiger partial charge in [-0.2, -0.15) is 0 Å². The molecule has 0 aromatic heterocycles. The van der Waals surface area contributed by atoms with Crippen molar-refractivity contribution in [2.75, 3.05) is 10.5 Å². The smallest absolute Gasteiger partial charge is 0.232 e. The number of phenols is 1. The molecule has 0 saturated heterocycles. The Labute approximate surface area is 90.0 Å². The third kappa shape index (κ3) is 3.13. The van der Waals surface area contributed by atoms with Crippen molar-refractivity contribution in [2.24, 2.45) is 0 Å². The molecule has 0 aliphatic heterocycles. The van der Waals surface area contributed by atoms with E-state index in [1.54, 1.807) is 26.0 Å². The molecular weight excluding hydrogens is 214 g/mol. The zero-order chi connectivity index (χ0) is 11.5. The lowest BCUT2D eigenvalue weighted by Gasteiger charge is -2.10. The Kier molecular flexibility index (Phi) is 3.57. The van der Waals surface area contributed by atoms with Gasteiger partial charge in [-0.1, -0.05) is 13.0 Å². The summed E-state index contributed by atoms with van der Waals surface area (Å²) in [6.45, 7) is 3.47. The number of nitrogens with one attached hydrogen (secondary N) is 1. The van der Waals surface area contributed by atoms with Gasteiger partial charge in [-0.05, 0) is 25.5 Å². The van der Waals surface area contributed by atoms with Crippen LogP contribution in [0, 0.1) is 6.92 Å². The Morgan fingerprint density at radius 2 is 2.07 bits per heavy atom. The molecule has 15 heavy (non-hydrogen) atoms. The maximum Gasteiger partial charge on any atom is 0.232 e. The van der Waals surface area contributed by atoms with E-state index < -0.39 is 10.0 Å². The topological polar surface area (TPSA) is 66.4 Å². The third-order valence-electron chi connectivity index (χ3n) is 2.04. The Morgan fingerprint density at radius 1 is 1.40 bits per heavy atom. The van der Waals surface area contributed by atoms with Crippen molar-refractivity contribution in [3.05, 3.63) is 23.8 Å². The number of aromatic hydroxyl groups is 1. The van der Waals surface area contributed by atoms with Crippen molar-refractivity contribution in [3.8, 4) is 5.75 Å². The molecule has 0 spiro atoms. The van der Waals surface area contributed by atoms with E-state index in [4.69, 9.17) is 0 Å². The Balaban J connectivity index is 2.95. The van der Waals surface area contributed by atoms with Crippen LogP contribution in [0.1, 0.15) is 18.9 Å². The summed E-state index contributed by atoms with van der Waals surface area (Å²) in [5.74, 6) is 0.175. The lowest BCUT2D eigenvalue weighted by atomic mass is 10.2. The molecule has 0 unspecified atom stereocenters. The van der Waals surface area contributed by atoms with Gasteiger partial charge in [0.25, 0.3) is 0 Å². The predicted molar refractivity (Wildman–Crippen MR) is 60.5 cm³/mol. The number of phenolic OH excluding ortho intramolecular Hbond substituents is 1. The standard InChI is InChI=1S/C10H15NO3S/c1-3-7-15(13,14)11-9-5-4-6-10(12)8(9)2/h4-6,11-12H,3,7H2,1-2H3. The minimum atomic E-state index is -3.29. The maximum absolute atomic E-state index is 11.5. The minimum Gasteiger partial charge on any atom is -0.508 e. The van der Waals surface area contributed by atoms with Crippen LogP contribution in [-0.4, -0.2) is 19.3 Å². The first-order chi connectivity index (χ1) is 6.96. The second kappa shape index (κ2) is 4.53. The number of hydrogen-bond acceptors (Lipinski definition) is 3. The van der Waals surface area contributed by atoms with Crippen LogP contribution in [0.25, 0.3) is 0 Å². The predicted octanol–water partition coefficient (Wildman–Crippen LogP) is 1.85. The zero-order valence-electron chi connectivity index (χ0n) is 8.82. The fourth-order valence-corrected chi connectivity index (χ4v) is 2.42. The van der Waals surface area contributed by atoms with E-state index in [0.29, 0.717) is 17.7 Å². The van der Waals surface area contributed by atoms with E-state index >= 15 is 0 Å². The fourth-order valence-electron chi connectivity index (χ4n) is 1.22. The quantitative estimate of drug-likeness (QED) is 0.828. The lowest BCUT2D eigenvalue weighted by Crippen LogP contribution is -2.16. The fraction of sp³-hybridized carbons (Fsp3) is 0.400. The van der Waals surface area contributed by atoms with Crippen LogP contribution in [0.15, 0.2) is 18.2 Å². The van der Waals surface area contributed by atoms with Crippen LogP contribution in [0.2, 0.25) is 0 Å². The summed E-state index contributed by atoms with van der Waals surface area (Å²) in [5, 5.41) is 9.39. The van der Waals surface area contributed by atoms with Crippen molar-refractivity contribution >= 4 is 15.7 Å². The van der Waals surface area contributed by atoms with Crippen molar-refractivity contribution in [3.63, 3.8) is 0 Å². The zero-order valence-corrected chi connectivity index (χ0v) is 9.63. The summed E-state index contributed by atoms with van der Waals surface area (Å²) >= 11 is 0. The van der Waals surface area contributed by atoms with Crippen molar-refractivity contribution in [1.29, 1.82) is 0 Å². The molecule has 1 rings (SSSR count). The molecule has 0 bridgehead atoms. The SMILES string of the molecule is CCCS(=O)(=O)Nc1cccc(O)c1C. The molecule has 1 aromatic rings. The van der Waals surface area contributed by atoms with E-state index in [0.717, 1.165) is 0 Å². The molecule has 0 heterocycles. The summed E-state index contributed by atoms with van der Waals surface area (Å²) in [6.07, 6.45) is 0.563. The molecule has 1 aromatic carbocycles. The van der Waals surface area contributed by atoms with Crippen molar-refractivity contribution in [1.82, 2.24) is 0 Å². The molecule has 0 radical (unpaired) electrons. The van der Waals surface area contributed by atoms with Gasteiger partial charge in [0.05, 0.1) is 11.4 Å². The highest BCUT2D eigenvalue weighted by Crippen LogP contribution is 2.24. The highest BCUT2D eigenvalue weighted by Gasteiger charge is 2.11. The first kappa shape index (κ1) is 11.8. The van der Waals surface area contributed by atoms with Gasteiger partial charge >= 0.3 is 0 Å². The second-order valence-electron chi connectivity index (χ2n) is 3.37. The number of benzene rings is 1. The van der Waals surface area contributed by atoms with Gasteiger partial charge in [-0.25, -0.2) is 8.42 Å². The van der Waals surface area contributed by atoms with Crippen LogP contribution in [-0.2, 0) is 10.0 Å². The largest absolute Gasteiger partial charge is 0.508 e. The van der Waals surface area contributed by atoms with Gasteiger partial charge in [0.1, 0.15) is 5.75 Å². The monoisotopic (exact) mass is 229 g/mol. The van der Waals surface area contributed by atoms with Crippen LogP contribution in [0.4, 0.5) is 5.69 Å². The van der Waals surface area contributed by atoms with E-state index in [9.17, 15) is 13.5 Å². The lowest BCUT2D eigenvalue weighted by molar-refractivity contribution is 0.471. The average Bonchev–Trinajstić information content (AvgIpc) is 2.12. The van der Waals surface area contributed by atoms with E-state index in [2.05, 4.69) is 4.72 Å². The van der Waals surface area contributed by atoms with Gasteiger partial charge in [0.15, 0.2) is 0 Å². The minimum absolute atomic E-state index is 0.0854. The second-order valence-corrected chi connectivity index (χ2v) is 5.21. The van der Waals surface area contributed by atoms with Crippen molar-refractivity contribution in [2.45, 2.75) is 20.3 Å². The molecule has 4 nitrogen and oxygen atoms in total. The number of rotatable bonds is 4. The molecule has 5 heteroatoms. The van der Waals surface area contributed by atoms with Crippen LogP contribution < -0.4 is 4.72 Å². The summed E-state index contributed by atoms with van der Waals surface area (Å²) in [4.78, 5) is 0.